The summed E-state index contributed by atoms with van der Waals surface area (Å²) < 4.78 is 0.654. The van der Waals surface area contributed by atoms with E-state index in [4.69, 9.17) is 12.2 Å². The minimum absolute atomic E-state index is 0.438. The highest BCUT2D eigenvalue weighted by Crippen LogP contribution is 2.22. The average Bonchev–Trinajstić information content (AvgIpc) is 2.69. The van der Waals surface area contributed by atoms with Crippen molar-refractivity contribution >= 4 is 23.6 Å². The smallest absolute Gasteiger partial charge is 0.149 e. The van der Waals surface area contributed by atoms with E-state index in [0.717, 1.165) is 16.4 Å². The lowest BCUT2D eigenvalue weighted by Crippen LogP contribution is -1.96. The van der Waals surface area contributed by atoms with Crippen molar-refractivity contribution in [2.24, 2.45) is 0 Å². The van der Waals surface area contributed by atoms with Gasteiger partial charge in [0.15, 0.2) is 0 Å². The van der Waals surface area contributed by atoms with Crippen LogP contribution >= 0.6 is 23.6 Å². The Morgan fingerprint density at radius 3 is 2.87 bits per heavy atom. The molecule has 2 heterocycles. The normalized spacial score (nSPS) is 10.9. The van der Waals surface area contributed by atoms with Crippen LogP contribution < -0.4 is 0 Å². The molecule has 0 saturated heterocycles. The Hall–Kier alpha value is -1.00. The van der Waals surface area contributed by atoms with Gasteiger partial charge in [-0.15, -0.1) is 11.3 Å². The van der Waals surface area contributed by atoms with Crippen molar-refractivity contribution in [2.45, 2.75) is 19.8 Å². The maximum absolute atomic E-state index is 5.15. The lowest BCUT2D eigenvalue weighted by Gasteiger charge is -2.07. The second-order valence-electron chi connectivity index (χ2n) is 3.66. The van der Waals surface area contributed by atoms with E-state index in [-0.39, 0.29) is 0 Å². The molecule has 2 rings (SSSR count). The summed E-state index contributed by atoms with van der Waals surface area (Å²) in [6.45, 7) is 4.28. The number of rotatable bonds is 2. The Kier molecular flexibility index (Phi) is 2.98. The molecule has 0 saturated carbocycles. The predicted molar refractivity (Wildman–Crippen MR) is 66.8 cm³/mol. The Labute approximate surface area is 98.0 Å². The molecule has 0 aliphatic carbocycles. The Balaban J connectivity index is 2.54. The highest BCUT2D eigenvalue weighted by Gasteiger charge is 2.05. The van der Waals surface area contributed by atoms with Gasteiger partial charge in [0.05, 0.1) is 4.88 Å². The molecule has 0 atom stereocenters. The second kappa shape index (κ2) is 4.24. The van der Waals surface area contributed by atoms with E-state index in [1.165, 1.54) is 0 Å². The van der Waals surface area contributed by atoms with Crippen molar-refractivity contribution in [1.82, 2.24) is 9.97 Å². The fraction of sp³-hybridized carbons (Fsp3) is 0.273. The summed E-state index contributed by atoms with van der Waals surface area (Å²) in [4.78, 5) is 8.78. The lowest BCUT2D eigenvalue weighted by atomic mass is 10.1. The molecule has 0 aliphatic heterocycles. The van der Waals surface area contributed by atoms with E-state index in [9.17, 15) is 0 Å². The van der Waals surface area contributed by atoms with Crippen LogP contribution in [-0.2, 0) is 0 Å². The van der Waals surface area contributed by atoms with Crippen molar-refractivity contribution in [3.63, 3.8) is 0 Å². The van der Waals surface area contributed by atoms with Gasteiger partial charge < -0.3 is 4.98 Å². The summed E-state index contributed by atoms with van der Waals surface area (Å²) in [5.41, 5.74) is 1.14. The van der Waals surface area contributed by atoms with E-state index in [0.29, 0.717) is 10.6 Å². The summed E-state index contributed by atoms with van der Waals surface area (Å²) in [6, 6.07) is 5.99. The summed E-state index contributed by atoms with van der Waals surface area (Å²) in [7, 11) is 0. The van der Waals surface area contributed by atoms with E-state index < -0.39 is 0 Å². The first-order valence-electron chi connectivity index (χ1n) is 4.82. The molecule has 78 valence electrons. The average molecular weight is 236 g/mol. The van der Waals surface area contributed by atoms with Crippen LogP contribution in [-0.4, -0.2) is 9.97 Å². The quantitative estimate of drug-likeness (QED) is 0.799. The Morgan fingerprint density at radius 2 is 2.27 bits per heavy atom. The molecule has 0 radical (unpaired) electrons. The van der Waals surface area contributed by atoms with Gasteiger partial charge in [0.25, 0.3) is 0 Å². The van der Waals surface area contributed by atoms with Crippen LogP contribution in [0.4, 0.5) is 0 Å². The van der Waals surface area contributed by atoms with Crippen LogP contribution in [0, 0.1) is 4.64 Å². The van der Waals surface area contributed by atoms with Gasteiger partial charge in [-0.2, -0.15) is 0 Å². The first-order valence-corrected chi connectivity index (χ1v) is 6.11. The zero-order valence-electron chi connectivity index (χ0n) is 8.65. The molecule has 1 N–H and O–H groups in total. The molecule has 0 aliphatic rings. The van der Waals surface area contributed by atoms with Crippen LogP contribution in [0.5, 0.6) is 0 Å². The molecule has 0 fully saturated rings. The number of hydrogen-bond donors (Lipinski definition) is 1. The number of H-pyrrole nitrogens is 1. The molecular weight excluding hydrogens is 224 g/mol. The van der Waals surface area contributed by atoms with Crippen molar-refractivity contribution in [3.05, 3.63) is 33.9 Å². The van der Waals surface area contributed by atoms with E-state index in [1.807, 2.05) is 23.6 Å². The number of aromatic amines is 1. The molecule has 2 aromatic heterocycles. The Morgan fingerprint density at radius 1 is 1.47 bits per heavy atom. The van der Waals surface area contributed by atoms with Gasteiger partial charge in [-0.1, -0.05) is 32.1 Å². The predicted octanol–water partition coefficient (Wildman–Crippen LogP) is 3.99. The highest BCUT2D eigenvalue weighted by molar-refractivity contribution is 7.71. The van der Waals surface area contributed by atoms with Gasteiger partial charge >= 0.3 is 0 Å². The fourth-order valence-corrected chi connectivity index (χ4v) is 2.20. The Bertz CT molecular complexity index is 498. The molecular formula is C11H12N2S2. The van der Waals surface area contributed by atoms with Crippen LogP contribution in [0.1, 0.15) is 25.5 Å². The van der Waals surface area contributed by atoms with Crippen LogP contribution in [0.3, 0.4) is 0 Å². The van der Waals surface area contributed by atoms with Gasteiger partial charge in [0, 0.05) is 5.69 Å². The van der Waals surface area contributed by atoms with E-state index in [1.54, 1.807) is 11.3 Å². The third kappa shape index (κ3) is 2.33. The van der Waals surface area contributed by atoms with Crippen LogP contribution in [0.25, 0.3) is 10.7 Å². The molecule has 0 bridgehead atoms. The molecule has 0 unspecified atom stereocenters. The topological polar surface area (TPSA) is 28.7 Å². The maximum atomic E-state index is 5.15. The van der Waals surface area contributed by atoms with E-state index in [2.05, 4.69) is 23.8 Å². The fourth-order valence-electron chi connectivity index (χ4n) is 1.32. The minimum Gasteiger partial charge on any atom is -0.342 e. The summed E-state index contributed by atoms with van der Waals surface area (Å²) in [5, 5.41) is 2.04. The van der Waals surface area contributed by atoms with Gasteiger partial charge in [0.2, 0.25) is 0 Å². The minimum atomic E-state index is 0.438. The molecule has 0 spiro atoms. The third-order valence-corrected chi connectivity index (χ3v) is 3.23. The number of hydrogen-bond acceptors (Lipinski definition) is 3. The van der Waals surface area contributed by atoms with Crippen molar-refractivity contribution in [1.29, 1.82) is 0 Å². The van der Waals surface area contributed by atoms with Gasteiger partial charge in [-0.25, -0.2) is 4.98 Å². The first-order chi connectivity index (χ1) is 7.16. The molecule has 0 amide bonds. The zero-order valence-corrected chi connectivity index (χ0v) is 10.3. The molecule has 2 nitrogen and oxygen atoms in total. The molecule has 2 aromatic rings. The van der Waals surface area contributed by atoms with Gasteiger partial charge in [0.1, 0.15) is 10.5 Å². The summed E-state index contributed by atoms with van der Waals surface area (Å²) in [6.07, 6.45) is 0. The third-order valence-electron chi connectivity index (χ3n) is 2.14. The highest BCUT2D eigenvalue weighted by atomic mass is 32.1. The molecule has 4 heteroatoms. The summed E-state index contributed by atoms with van der Waals surface area (Å²) in [5.74, 6) is 1.31. The SMILES string of the molecule is CC(C)c1cc(=S)nc(-c2cccs2)[nH]1. The lowest BCUT2D eigenvalue weighted by molar-refractivity contribution is 0.815. The standard InChI is InChI=1S/C11H12N2S2/c1-7(2)8-6-10(14)13-11(12-8)9-4-3-5-15-9/h3-7H,1-2H3,(H,12,13,14). The van der Waals surface area contributed by atoms with Gasteiger partial charge in [-0.05, 0) is 23.4 Å². The van der Waals surface area contributed by atoms with Crippen LogP contribution in [0.15, 0.2) is 23.6 Å². The first kappa shape index (κ1) is 10.5. The van der Waals surface area contributed by atoms with Crippen molar-refractivity contribution in [2.75, 3.05) is 0 Å². The number of nitrogens with zero attached hydrogens (tertiary/aromatic N) is 1. The summed E-state index contributed by atoms with van der Waals surface area (Å²) >= 11 is 6.82. The largest absolute Gasteiger partial charge is 0.342 e. The van der Waals surface area contributed by atoms with Crippen molar-refractivity contribution < 1.29 is 0 Å². The number of nitrogens with one attached hydrogen (secondary N) is 1. The maximum Gasteiger partial charge on any atom is 0.149 e. The monoisotopic (exact) mass is 236 g/mol. The second-order valence-corrected chi connectivity index (χ2v) is 5.02. The molecule has 0 aromatic carbocycles. The van der Waals surface area contributed by atoms with Crippen LogP contribution in [0.2, 0.25) is 0 Å². The van der Waals surface area contributed by atoms with Gasteiger partial charge in [-0.3, -0.25) is 0 Å². The molecule has 15 heavy (non-hydrogen) atoms. The number of thiophene rings is 1. The van der Waals surface area contributed by atoms with Crippen molar-refractivity contribution in [3.8, 4) is 10.7 Å². The zero-order chi connectivity index (χ0) is 10.8. The number of aromatic nitrogens is 2. The van der Waals surface area contributed by atoms with E-state index >= 15 is 0 Å².